The molecule has 2 aliphatic carbocycles. The number of fused-ring (bicyclic) bond motifs is 1. The lowest BCUT2D eigenvalue weighted by Crippen LogP contribution is -2.04. The largest absolute Gasteiger partial charge is 0.339 e. The van der Waals surface area contributed by atoms with Crippen LogP contribution >= 0.6 is 0 Å². The van der Waals surface area contributed by atoms with Gasteiger partial charge in [0.25, 0.3) is 0 Å². The average molecular weight is 296 g/mol. The monoisotopic (exact) mass is 296 g/mol. The van der Waals surface area contributed by atoms with E-state index in [0.717, 1.165) is 41.9 Å². The summed E-state index contributed by atoms with van der Waals surface area (Å²) in [6.07, 6.45) is 11.6. The van der Waals surface area contributed by atoms with Crippen molar-refractivity contribution in [3.8, 4) is 0 Å². The summed E-state index contributed by atoms with van der Waals surface area (Å²) in [5.41, 5.74) is 3.41. The normalized spacial score (nSPS) is 19.0. The lowest BCUT2D eigenvalue weighted by Gasteiger charge is -2.09. The third-order valence-corrected chi connectivity index (χ3v) is 4.66. The topological polar surface area (TPSA) is 17.3 Å². The van der Waals surface area contributed by atoms with E-state index in [1.807, 2.05) is 12.3 Å². The predicted octanol–water partition coefficient (Wildman–Crippen LogP) is 5.07. The van der Waals surface area contributed by atoms with Crippen molar-refractivity contribution in [2.24, 2.45) is 10.9 Å². The number of benzene rings is 1. The first-order chi connectivity index (χ1) is 10.8. The van der Waals surface area contributed by atoms with Gasteiger partial charge in [0.2, 0.25) is 0 Å². The van der Waals surface area contributed by atoms with Crippen molar-refractivity contribution in [1.82, 2.24) is 4.57 Å². The molecule has 2 nitrogen and oxygen atoms in total. The zero-order valence-electron chi connectivity index (χ0n) is 12.8. The van der Waals surface area contributed by atoms with Crippen LogP contribution in [0.15, 0.2) is 41.0 Å². The molecule has 114 valence electrons. The molecule has 2 aromatic rings. The Bertz CT molecular complexity index is 750. The highest BCUT2D eigenvalue weighted by molar-refractivity contribution is 5.91. The minimum atomic E-state index is -0.172. The van der Waals surface area contributed by atoms with Crippen LogP contribution < -0.4 is 0 Å². The van der Waals surface area contributed by atoms with Crippen LogP contribution in [0.1, 0.15) is 44.2 Å². The Morgan fingerprint density at radius 3 is 2.91 bits per heavy atom. The van der Waals surface area contributed by atoms with Gasteiger partial charge in [-0.3, -0.25) is 4.99 Å². The van der Waals surface area contributed by atoms with Crippen LogP contribution in [0.2, 0.25) is 0 Å². The van der Waals surface area contributed by atoms with E-state index < -0.39 is 0 Å². The molecule has 2 aliphatic rings. The van der Waals surface area contributed by atoms with Gasteiger partial charge in [-0.25, -0.2) is 4.39 Å². The number of nitrogens with zero attached hydrogens (tertiary/aromatic N) is 2. The standard InChI is InChI=1S/C19H21FN2/c20-16-8-9-19-15(10-16)11-18(22(19)13-14-6-7-14)12-21-17-4-2-1-3-5-17/h4,8-12,14H,1-3,5-7,13H2. The molecule has 1 aromatic heterocycles. The van der Waals surface area contributed by atoms with Crippen molar-refractivity contribution in [2.75, 3.05) is 0 Å². The van der Waals surface area contributed by atoms with E-state index in [1.54, 1.807) is 12.1 Å². The van der Waals surface area contributed by atoms with Crippen molar-refractivity contribution in [2.45, 2.75) is 45.1 Å². The van der Waals surface area contributed by atoms with Gasteiger partial charge in [0.05, 0.1) is 11.9 Å². The first kappa shape index (κ1) is 13.7. The maximum absolute atomic E-state index is 13.5. The Labute approximate surface area is 130 Å². The van der Waals surface area contributed by atoms with E-state index in [9.17, 15) is 4.39 Å². The lowest BCUT2D eigenvalue weighted by molar-refractivity contribution is 0.627. The SMILES string of the molecule is Fc1ccc2c(c1)cc(C=NC1=CCCCC1)n2CC1CC1. The summed E-state index contributed by atoms with van der Waals surface area (Å²) >= 11 is 0. The van der Waals surface area contributed by atoms with Gasteiger partial charge in [-0.05, 0) is 68.7 Å². The van der Waals surface area contributed by atoms with Crippen LogP contribution in [0.3, 0.4) is 0 Å². The average Bonchev–Trinajstić information content (AvgIpc) is 3.29. The van der Waals surface area contributed by atoms with Crippen molar-refractivity contribution >= 4 is 17.1 Å². The highest BCUT2D eigenvalue weighted by Crippen LogP contribution is 2.33. The summed E-state index contributed by atoms with van der Waals surface area (Å²) in [6.45, 7) is 1.02. The Balaban J connectivity index is 1.71. The third kappa shape index (κ3) is 2.85. The van der Waals surface area contributed by atoms with Crippen LogP contribution in [-0.4, -0.2) is 10.8 Å². The first-order valence-electron chi connectivity index (χ1n) is 8.31. The number of halogens is 1. The predicted molar refractivity (Wildman–Crippen MR) is 88.8 cm³/mol. The third-order valence-electron chi connectivity index (χ3n) is 4.66. The van der Waals surface area contributed by atoms with E-state index in [2.05, 4.69) is 21.7 Å². The number of aliphatic imine (C=N–C) groups is 1. The summed E-state index contributed by atoms with van der Waals surface area (Å²) in [5.74, 6) is 0.608. The molecule has 22 heavy (non-hydrogen) atoms. The maximum atomic E-state index is 13.5. The van der Waals surface area contributed by atoms with Gasteiger partial charge in [-0.1, -0.05) is 6.08 Å². The molecule has 3 heteroatoms. The molecule has 0 aliphatic heterocycles. The summed E-state index contributed by atoms with van der Waals surface area (Å²) in [4.78, 5) is 4.68. The van der Waals surface area contributed by atoms with Gasteiger partial charge in [0, 0.05) is 23.1 Å². The Morgan fingerprint density at radius 1 is 1.23 bits per heavy atom. The number of allylic oxidation sites excluding steroid dienone is 2. The minimum absolute atomic E-state index is 0.172. The highest BCUT2D eigenvalue weighted by Gasteiger charge is 2.23. The van der Waals surface area contributed by atoms with Crippen LogP contribution in [-0.2, 0) is 6.54 Å². The fourth-order valence-corrected chi connectivity index (χ4v) is 3.22. The summed E-state index contributed by atoms with van der Waals surface area (Å²) in [7, 11) is 0. The van der Waals surface area contributed by atoms with Gasteiger partial charge in [0.1, 0.15) is 5.82 Å². The highest BCUT2D eigenvalue weighted by atomic mass is 19.1. The molecular weight excluding hydrogens is 275 g/mol. The molecule has 1 aromatic carbocycles. The summed E-state index contributed by atoms with van der Waals surface area (Å²) < 4.78 is 15.8. The molecule has 0 amide bonds. The minimum Gasteiger partial charge on any atom is -0.339 e. The number of hydrogen-bond acceptors (Lipinski definition) is 1. The Hall–Kier alpha value is -1.90. The van der Waals surface area contributed by atoms with Gasteiger partial charge < -0.3 is 4.57 Å². The molecule has 4 rings (SSSR count). The lowest BCUT2D eigenvalue weighted by atomic mass is 10.1. The second-order valence-electron chi connectivity index (χ2n) is 6.53. The zero-order valence-corrected chi connectivity index (χ0v) is 12.8. The van der Waals surface area contributed by atoms with Gasteiger partial charge in [-0.2, -0.15) is 0 Å². The number of hydrogen-bond donors (Lipinski definition) is 0. The maximum Gasteiger partial charge on any atom is 0.123 e. The summed E-state index contributed by atoms with van der Waals surface area (Å²) in [6, 6.07) is 7.13. The number of aromatic nitrogens is 1. The molecule has 0 radical (unpaired) electrons. The van der Waals surface area contributed by atoms with Crippen molar-refractivity contribution in [3.05, 3.63) is 47.5 Å². The van der Waals surface area contributed by atoms with E-state index in [-0.39, 0.29) is 5.82 Å². The molecule has 0 bridgehead atoms. The second-order valence-corrected chi connectivity index (χ2v) is 6.53. The van der Waals surface area contributed by atoms with Crippen molar-refractivity contribution in [3.63, 3.8) is 0 Å². The zero-order chi connectivity index (χ0) is 14.9. The second kappa shape index (κ2) is 5.71. The van der Waals surface area contributed by atoms with Gasteiger partial charge >= 0.3 is 0 Å². The Kier molecular flexibility index (Phi) is 3.57. The number of rotatable bonds is 4. The molecule has 1 saturated carbocycles. The quantitative estimate of drug-likeness (QED) is 0.701. The first-order valence-corrected chi connectivity index (χ1v) is 8.31. The van der Waals surface area contributed by atoms with E-state index in [4.69, 9.17) is 0 Å². The van der Waals surface area contributed by atoms with Crippen molar-refractivity contribution < 1.29 is 4.39 Å². The smallest absolute Gasteiger partial charge is 0.123 e. The Morgan fingerprint density at radius 2 is 2.14 bits per heavy atom. The van der Waals surface area contributed by atoms with Gasteiger partial charge in [-0.15, -0.1) is 0 Å². The molecule has 0 N–H and O–H groups in total. The van der Waals surface area contributed by atoms with E-state index >= 15 is 0 Å². The van der Waals surface area contributed by atoms with Crippen LogP contribution in [0, 0.1) is 11.7 Å². The van der Waals surface area contributed by atoms with Crippen LogP contribution in [0.4, 0.5) is 4.39 Å². The summed E-state index contributed by atoms with van der Waals surface area (Å²) in [5, 5.41) is 0.972. The van der Waals surface area contributed by atoms with E-state index in [0.29, 0.717) is 0 Å². The molecule has 0 spiro atoms. The molecule has 0 atom stereocenters. The molecule has 0 saturated heterocycles. The molecular formula is C19H21FN2. The van der Waals surface area contributed by atoms with E-state index in [1.165, 1.54) is 31.4 Å². The van der Waals surface area contributed by atoms with Crippen LogP contribution in [0.25, 0.3) is 10.9 Å². The van der Waals surface area contributed by atoms with Crippen molar-refractivity contribution in [1.29, 1.82) is 0 Å². The fourth-order valence-electron chi connectivity index (χ4n) is 3.22. The van der Waals surface area contributed by atoms with Gasteiger partial charge in [0.15, 0.2) is 0 Å². The molecule has 0 unspecified atom stereocenters. The molecule has 1 fully saturated rings. The molecule has 1 heterocycles. The van der Waals surface area contributed by atoms with Crippen LogP contribution in [0.5, 0.6) is 0 Å². The fraction of sp³-hybridized carbons (Fsp3) is 0.421.